The molecule has 1 aromatic carbocycles. The molecule has 1 aromatic rings. The Bertz CT molecular complexity index is 565. The van der Waals surface area contributed by atoms with Gasteiger partial charge in [0.2, 0.25) is 5.91 Å². The molecule has 0 saturated carbocycles. The van der Waals surface area contributed by atoms with Crippen molar-refractivity contribution in [3.05, 3.63) is 33.9 Å². The van der Waals surface area contributed by atoms with Crippen molar-refractivity contribution in [2.24, 2.45) is 5.92 Å². The van der Waals surface area contributed by atoms with Gasteiger partial charge in [0.15, 0.2) is 0 Å². The number of fused-ring (bicyclic) bond motifs is 1. The number of carbonyl (C=O) groups is 1. The highest BCUT2D eigenvalue weighted by molar-refractivity contribution is 6.03. The number of non-ortho nitro benzene ring substituents is 1. The van der Waals surface area contributed by atoms with Crippen molar-refractivity contribution in [1.29, 1.82) is 0 Å². The summed E-state index contributed by atoms with van der Waals surface area (Å²) < 4.78 is 0. The van der Waals surface area contributed by atoms with E-state index >= 15 is 0 Å². The zero-order valence-corrected chi connectivity index (χ0v) is 11.3. The van der Waals surface area contributed by atoms with Gasteiger partial charge in [-0.25, -0.2) is 0 Å². The minimum Gasteiger partial charge on any atom is -0.325 e. The molecular formula is C14H17N3O3. The summed E-state index contributed by atoms with van der Waals surface area (Å²) in [6.45, 7) is 1.94. The number of hydrogen-bond donors (Lipinski definition) is 1. The van der Waals surface area contributed by atoms with Crippen molar-refractivity contribution in [2.45, 2.75) is 18.8 Å². The van der Waals surface area contributed by atoms with Gasteiger partial charge in [0.05, 0.1) is 10.8 Å². The van der Waals surface area contributed by atoms with E-state index in [1.165, 1.54) is 6.07 Å². The molecule has 0 spiro atoms. The number of rotatable bonds is 2. The third-order valence-corrected chi connectivity index (χ3v) is 4.36. The Morgan fingerprint density at radius 1 is 1.35 bits per heavy atom. The zero-order chi connectivity index (χ0) is 14.3. The van der Waals surface area contributed by atoms with E-state index in [9.17, 15) is 14.9 Å². The molecule has 0 aromatic heterocycles. The Balaban J connectivity index is 1.92. The maximum atomic E-state index is 12.2. The van der Waals surface area contributed by atoms with Gasteiger partial charge in [0, 0.05) is 17.8 Å². The van der Waals surface area contributed by atoms with Gasteiger partial charge in [-0.05, 0) is 50.5 Å². The second kappa shape index (κ2) is 4.86. The Morgan fingerprint density at radius 2 is 2.05 bits per heavy atom. The van der Waals surface area contributed by atoms with E-state index in [1.54, 1.807) is 12.1 Å². The van der Waals surface area contributed by atoms with E-state index in [1.807, 2.05) is 0 Å². The van der Waals surface area contributed by atoms with Gasteiger partial charge in [-0.15, -0.1) is 0 Å². The molecule has 0 unspecified atom stereocenters. The number of carbonyl (C=O) groups excluding carboxylic acids is 1. The number of amides is 1. The fourth-order valence-electron chi connectivity index (χ4n) is 3.22. The van der Waals surface area contributed by atoms with Crippen LogP contribution in [0.5, 0.6) is 0 Å². The molecule has 2 aliphatic rings. The molecule has 2 aliphatic heterocycles. The fourth-order valence-corrected chi connectivity index (χ4v) is 3.22. The Labute approximate surface area is 116 Å². The van der Waals surface area contributed by atoms with Crippen LogP contribution in [0.25, 0.3) is 0 Å². The summed E-state index contributed by atoms with van der Waals surface area (Å²) in [6, 6.07) is 4.63. The van der Waals surface area contributed by atoms with E-state index in [2.05, 4.69) is 17.3 Å². The van der Waals surface area contributed by atoms with Gasteiger partial charge in [-0.1, -0.05) is 0 Å². The maximum Gasteiger partial charge on any atom is 0.269 e. The number of benzene rings is 1. The standard InChI is InChI=1S/C14H17N3O3/c1-16-6-4-9(5-7-16)13-11-8-10(17(19)20)2-3-12(11)15-14(13)18/h2-3,8-9,13H,4-7H2,1H3,(H,15,18)/t13-/m0/s1. The highest BCUT2D eigenvalue weighted by Crippen LogP contribution is 2.42. The zero-order valence-electron chi connectivity index (χ0n) is 11.3. The number of nitrogens with zero attached hydrogens (tertiary/aromatic N) is 2. The molecule has 6 heteroatoms. The number of nitro groups is 1. The molecule has 0 radical (unpaired) electrons. The second-order valence-electron chi connectivity index (χ2n) is 5.64. The molecule has 1 saturated heterocycles. The van der Waals surface area contributed by atoms with Gasteiger partial charge in [-0.3, -0.25) is 14.9 Å². The summed E-state index contributed by atoms with van der Waals surface area (Å²) in [4.78, 5) is 24.9. The van der Waals surface area contributed by atoms with Crippen LogP contribution in [-0.2, 0) is 4.79 Å². The predicted octanol–water partition coefficient (Wildman–Crippen LogP) is 1.97. The lowest BCUT2D eigenvalue weighted by atomic mass is 9.81. The molecule has 20 heavy (non-hydrogen) atoms. The number of nitro benzene ring substituents is 1. The van der Waals surface area contributed by atoms with Crippen LogP contribution in [0, 0.1) is 16.0 Å². The fraction of sp³-hybridized carbons (Fsp3) is 0.500. The molecule has 1 atom stereocenters. The van der Waals surface area contributed by atoms with E-state index in [-0.39, 0.29) is 23.4 Å². The van der Waals surface area contributed by atoms with Crippen molar-refractivity contribution in [1.82, 2.24) is 4.90 Å². The summed E-state index contributed by atoms with van der Waals surface area (Å²) >= 11 is 0. The number of nitrogens with one attached hydrogen (secondary N) is 1. The highest BCUT2D eigenvalue weighted by Gasteiger charge is 2.38. The van der Waals surface area contributed by atoms with Crippen LogP contribution in [-0.4, -0.2) is 35.9 Å². The normalized spacial score (nSPS) is 23.4. The van der Waals surface area contributed by atoms with Crippen LogP contribution >= 0.6 is 0 Å². The van der Waals surface area contributed by atoms with Crippen LogP contribution in [0.4, 0.5) is 11.4 Å². The highest BCUT2D eigenvalue weighted by atomic mass is 16.6. The lowest BCUT2D eigenvalue weighted by Crippen LogP contribution is -2.34. The topological polar surface area (TPSA) is 75.5 Å². The molecule has 6 nitrogen and oxygen atoms in total. The molecule has 1 fully saturated rings. The molecule has 1 amide bonds. The van der Waals surface area contributed by atoms with E-state index < -0.39 is 4.92 Å². The predicted molar refractivity (Wildman–Crippen MR) is 74.7 cm³/mol. The molecule has 1 N–H and O–H groups in total. The lowest BCUT2D eigenvalue weighted by Gasteiger charge is -2.31. The van der Waals surface area contributed by atoms with Crippen molar-refractivity contribution >= 4 is 17.3 Å². The largest absolute Gasteiger partial charge is 0.325 e. The summed E-state index contributed by atoms with van der Waals surface area (Å²) in [5.74, 6) is 0.0168. The van der Waals surface area contributed by atoms with Crippen molar-refractivity contribution in [2.75, 3.05) is 25.5 Å². The Hall–Kier alpha value is -1.95. The van der Waals surface area contributed by atoms with Crippen molar-refractivity contribution in [3.63, 3.8) is 0 Å². The van der Waals surface area contributed by atoms with E-state index in [0.29, 0.717) is 0 Å². The van der Waals surface area contributed by atoms with Crippen molar-refractivity contribution in [3.8, 4) is 0 Å². The number of anilines is 1. The van der Waals surface area contributed by atoms with Crippen molar-refractivity contribution < 1.29 is 9.72 Å². The van der Waals surface area contributed by atoms with Crippen LogP contribution < -0.4 is 5.32 Å². The first kappa shape index (κ1) is 13.1. The molecule has 0 aliphatic carbocycles. The quantitative estimate of drug-likeness (QED) is 0.661. The molecule has 0 bridgehead atoms. The average molecular weight is 275 g/mol. The minimum absolute atomic E-state index is 0.0185. The SMILES string of the molecule is CN1CCC([C@@H]2C(=O)Nc3ccc([N+](=O)[O-])cc32)CC1. The number of piperidine rings is 1. The van der Waals surface area contributed by atoms with Crippen LogP contribution in [0.3, 0.4) is 0 Å². The summed E-state index contributed by atoms with van der Waals surface area (Å²) in [5.41, 5.74) is 1.57. The first-order chi connectivity index (χ1) is 9.56. The first-order valence-electron chi connectivity index (χ1n) is 6.84. The minimum atomic E-state index is -0.408. The second-order valence-corrected chi connectivity index (χ2v) is 5.64. The summed E-state index contributed by atoms with van der Waals surface area (Å²) in [7, 11) is 2.07. The maximum absolute atomic E-state index is 12.2. The van der Waals surface area contributed by atoms with Gasteiger partial charge in [0.1, 0.15) is 0 Å². The number of hydrogen-bond acceptors (Lipinski definition) is 4. The Kier molecular flexibility index (Phi) is 3.17. The molecule has 3 rings (SSSR count). The monoisotopic (exact) mass is 275 g/mol. The van der Waals surface area contributed by atoms with E-state index in [0.717, 1.165) is 37.2 Å². The van der Waals surface area contributed by atoms with Crippen LogP contribution in [0.2, 0.25) is 0 Å². The summed E-state index contributed by atoms with van der Waals surface area (Å²) in [6.07, 6.45) is 1.91. The van der Waals surface area contributed by atoms with Gasteiger partial charge in [-0.2, -0.15) is 0 Å². The molecule has 106 valence electrons. The van der Waals surface area contributed by atoms with Gasteiger partial charge < -0.3 is 10.2 Å². The molecular weight excluding hydrogens is 258 g/mol. The number of likely N-dealkylation sites (tertiary alicyclic amines) is 1. The summed E-state index contributed by atoms with van der Waals surface area (Å²) in [5, 5.41) is 13.7. The lowest BCUT2D eigenvalue weighted by molar-refractivity contribution is -0.384. The van der Waals surface area contributed by atoms with Gasteiger partial charge >= 0.3 is 0 Å². The molecule has 2 heterocycles. The van der Waals surface area contributed by atoms with Crippen LogP contribution in [0.1, 0.15) is 24.3 Å². The van der Waals surface area contributed by atoms with Crippen LogP contribution in [0.15, 0.2) is 18.2 Å². The average Bonchev–Trinajstić information content (AvgIpc) is 2.75. The smallest absolute Gasteiger partial charge is 0.269 e. The van der Waals surface area contributed by atoms with Gasteiger partial charge in [0.25, 0.3) is 5.69 Å². The third kappa shape index (κ3) is 2.16. The first-order valence-corrected chi connectivity index (χ1v) is 6.84. The van der Waals surface area contributed by atoms with E-state index in [4.69, 9.17) is 0 Å². The third-order valence-electron chi connectivity index (χ3n) is 4.36. The Morgan fingerprint density at radius 3 is 2.70 bits per heavy atom.